The molecule has 0 aliphatic carbocycles. The Hall–Kier alpha value is -0.590. The zero-order valence-corrected chi connectivity index (χ0v) is 11.5. The van der Waals surface area contributed by atoms with Crippen molar-refractivity contribution in [3.8, 4) is 0 Å². The van der Waals surface area contributed by atoms with Crippen molar-refractivity contribution >= 4 is 6.29 Å². The van der Waals surface area contributed by atoms with Crippen LogP contribution in [0.4, 0.5) is 0 Å². The van der Waals surface area contributed by atoms with E-state index >= 15 is 0 Å². The molecule has 0 aromatic rings. The third-order valence-electron chi connectivity index (χ3n) is 3.04. The number of hydrogen-bond acceptors (Lipinski definition) is 1. The van der Waals surface area contributed by atoms with Crippen LogP contribution in [0.1, 0.15) is 84.0 Å². The highest BCUT2D eigenvalue weighted by atomic mass is 16.1. The molecule has 0 rings (SSSR count). The number of rotatable bonds is 13. The minimum Gasteiger partial charge on any atom is -0.291 e. The van der Waals surface area contributed by atoms with Crippen molar-refractivity contribution in [2.24, 2.45) is 0 Å². The first kappa shape index (κ1) is 16.4. The number of carbonyl (C=O) groups excluding carboxylic acids is 1. The number of hydrogen-bond donors (Lipinski definition) is 0. The summed E-state index contributed by atoms with van der Waals surface area (Å²) in [6.07, 6.45) is 21.3. The van der Waals surface area contributed by atoms with Crippen LogP contribution in [0.3, 0.4) is 0 Å². The van der Waals surface area contributed by atoms with Crippen LogP contribution in [-0.2, 0) is 4.79 Å². The fraction of sp³-hybridized carbons (Fsp3) is 0.812. The molecule has 0 N–H and O–H groups in total. The van der Waals surface area contributed by atoms with Crippen LogP contribution >= 0.6 is 0 Å². The SMILES string of the molecule is CCCCCC/C=C\CCCCCCC[C]=O. The molecule has 0 spiro atoms. The Morgan fingerprint density at radius 3 is 1.88 bits per heavy atom. The molecule has 99 valence electrons. The molecule has 0 aromatic carbocycles. The van der Waals surface area contributed by atoms with E-state index in [1.165, 1.54) is 64.2 Å². The Morgan fingerprint density at radius 2 is 1.29 bits per heavy atom. The lowest BCUT2D eigenvalue weighted by molar-refractivity contribution is 0.542. The summed E-state index contributed by atoms with van der Waals surface area (Å²) < 4.78 is 0. The monoisotopic (exact) mass is 237 g/mol. The summed E-state index contributed by atoms with van der Waals surface area (Å²) in [4.78, 5) is 9.97. The maximum Gasteiger partial charge on any atom is 0.198 e. The van der Waals surface area contributed by atoms with Gasteiger partial charge in [-0.1, -0.05) is 57.6 Å². The molecule has 0 aliphatic rings. The summed E-state index contributed by atoms with van der Waals surface area (Å²) in [5, 5.41) is 0. The van der Waals surface area contributed by atoms with E-state index < -0.39 is 0 Å². The van der Waals surface area contributed by atoms with Crippen LogP contribution in [0.15, 0.2) is 12.2 Å². The molecule has 1 heteroatoms. The van der Waals surface area contributed by atoms with E-state index in [9.17, 15) is 4.79 Å². The molecule has 0 unspecified atom stereocenters. The van der Waals surface area contributed by atoms with E-state index in [-0.39, 0.29) is 0 Å². The second kappa shape index (κ2) is 15.4. The highest BCUT2D eigenvalue weighted by molar-refractivity contribution is 5.50. The Kier molecular flexibility index (Phi) is 14.9. The van der Waals surface area contributed by atoms with Crippen molar-refractivity contribution in [1.29, 1.82) is 0 Å². The molecule has 0 atom stereocenters. The normalized spacial score (nSPS) is 11.1. The van der Waals surface area contributed by atoms with Gasteiger partial charge in [0.15, 0.2) is 6.29 Å². The summed E-state index contributed by atoms with van der Waals surface area (Å²) in [5.74, 6) is 0. The maximum atomic E-state index is 9.97. The molecule has 0 heterocycles. The zero-order chi connectivity index (χ0) is 12.6. The maximum absolute atomic E-state index is 9.97. The van der Waals surface area contributed by atoms with Gasteiger partial charge in [0.2, 0.25) is 0 Å². The van der Waals surface area contributed by atoms with Gasteiger partial charge in [-0.3, -0.25) is 4.79 Å². The van der Waals surface area contributed by atoms with Crippen LogP contribution in [0.25, 0.3) is 0 Å². The molecule has 1 nitrogen and oxygen atoms in total. The van der Waals surface area contributed by atoms with Crippen molar-refractivity contribution in [3.05, 3.63) is 12.2 Å². The summed E-state index contributed by atoms with van der Waals surface area (Å²) >= 11 is 0. The van der Waals surface area contributed by atoms with Gasteiger partial charge in [0, 0.05) is 6.42 Å². The average Bonchev–Trinajstić information content (AvgIpc) is 2.35. The predicted octanol–water partition coefficient (Wildman–Crippen LogP) is 5.35. The van der Waals surface area contributed by atoms with Crippen LogP contribution < -0.4 is 0 Å². The van der Waals surface area contributed by atoms with Crippen molar-refractivity contribution in [1.82, 2.24) is 0 Å². The van der Waals surface area contributed by atoms with Gasteiger partial charge >= 0.3 is 0 Å². The Balaban J connectivity index is 3.01. The third-order valence-corrected chi connectivity index (χ3v) is 3.04. The van der Waals surface area contributed by atoms with E-state index in [0.29, 0.717) is 6.42 Å². The number of unbranched alkanes of at least 4 members (excludes halogenated alkanes) is 10. The summed E-state index contributed by atoms with van der Waals surface area (Å²) in [7, 11) is 0. The van der Waals surface area contributed by atoms with Gasteiger partial charge < -0.3 is 0 Å². The van der Waals surface area contributed by atoms with Crippen molar-refractivity contribution in [2.75, 3.05) is 0 Å². The van der Waals surface area contributed by atoms with E-state index in [2.05, 4.69) is 19.1 Å². The van der Waals surface area contributed by atoms with Gasteiger partial charge in [-0.2, -0.15) is 0 Å². The van der Waals surface area contributed by atoms with Crippen molar-refractivity contribution in [3.63, 3.8) is 0 Å². The lowest BCUT2D eigenvalue weighted by Gasteiger charge is -1.97. The second-order valence-electron chi connectivity index (χ2n) is 4.77. The van der Waals surface area contributed by atoms with Crippen LogP contribution in [-0.4, -0.2) is 6.29 Å². The minimum absolute atomic E-state index is 0.623. The molecular formula is C16H29O. The number of allylic oxidation sites excluding steroid dienone is 2. The molecule has 0 fully saturated rings. The third kappa shape index (κ3) is 15.4. The molecular weight excluding hydrogens is 208 g/mol. The van der Waals surface area contributed by atoms with Gasteiger partial charge in [0.05, 0.1) is 0 Å². The quantitative estimate of drug-likeness (QED) is 0.311. The van der Waals surface area contributed by atoms with Crippen molar-refractivity contribution in [2.45, 2.75) is 84.0 Å². The fourth-order valence-electron chi connectivity index (χ4n) is 1.91. The van der Waals surface area contributed by atoms with Gasteiger partial charge in [-0.05, 0) is 32.1 Å². The molecule has 0 aliphatic heterocycles. The average molecular weight is 237 g/mol. The first-order chi connectivity index (χ1) is 8.41. The predicted molar refractivity (Wildman–Crippen MR) is 75.9 cm³/mol. The second-order valence-corrected chi connectivity index (χ2v) is 4.77. The van der Waals surface area contributed by atoms with Crippen molar-refractivity contribution < 1.29 is 4.79 Å². The van der Waals surface area contributed by atoms with Gasteiger partial charge in [0.1, 0.15) is 0 Å². The standard InChI is InChI=1S/C16H29O/c1-2-3-4-5-6-7-8-9-10-11-12-13-14-15-16-17/h7-8H,2-6,9-15H2,1H3/b8-7-. The smallest absolute Gasteiger partial charge is 0.198 e. The first-order valence-electron chi connectivity index (χ1n) is 7.41. The minimum atomic E-state index is 0.623. The van der Waals surface area contributed by atoms with E-state index in [4.69, 9.17) is 0 Å². The summed E-state index contributed by atoms with van der Waals surface area (Å²) in [5.41, 5.74) is 0. The molecule has 0 bridgehead atoms. The van der Waals surface area contributed by atoms with Gasteiger partial charge in [-0.25, -0.2) is 0 Å². The highest BCUT2D eigenvalue weighted by Gasteiger charge is 1.90. The highest BCUT2D eigenvalue weighted by Crippen LogP contribution is 2.08. The van der Waals surface area contributed by atoms with Gasteiger partial charge in [-0.15, -0.1) is 0 Å². The van der Waals surface area contributed by atoms with Crippen LogP contribution in [0, 0.1) is 0 Å². The molecule has 1 radical (unpaired) electrons. The van der Waals surface area contributed by atoms with E-state index in [1.54, 1.807) is 0 Å². The topological polar surface area (TPSA) is 17.1 Å². The molecule has 0 amide bonds. The molecule has 0 aromatic heterocycles. The Labute approximate surface area is 108 Å². The molecule has 17 heavy (non-hydrogen) atoms. The van der Waals surface area contributed by atoms with Gasteiger partial charge in [0.25, 0.3) is 0 Å². The largest absolute Gasteiger partial charge is 0.291 e. The lowest BCUT2D eigenvalue weighted by atomic mass is 10.1. The van der Waals surface area contributed by atoms with E-state index in [0.717, 1.165) is 6.42 Å². The molecule has 0 saturated heterocycles. The first-order valence-corrected chi connectivity index (χ1v) is 7.41. The lowest BCUT2D eigenvalue weighted by Crippen LogP contribution is -1.80. The van der Waals surface area contributed by atoms with Crippen LogP contribution in [0.2, 0.25) is 0 Å². The summed E-state index contributed by atoms with van der Waals surface area (Å²) in [6.45, 7) is 2.25. The Bertz CT molecular complexity index is 172. The zero-order valence-electron chi connectivity index (χ0n) is 11.5. The van der Waals surface area contributed by atoms with E-state index in [1.807, 2.05) is 6.29 Å². The Morgan fingerprint density at radius 1 is 0.765 bits per heavy atom. The fourth-order valence-corrected chi connectivity index (χ4v) is 1.91. The van der Waals surface area contributed by atoms with Crippen LogP contribution in [0.5, 0.6) is 0 Å². The molecule has 0 saturated carbocycles. The summed E-state index contributed by atoms with van der Waals surface area (Å²) in [6, 6.07) is 0.